The van der Waals surface area contributed by atoms with Crippen LogP contribution in [0.25, 0.3) is 11.3 Å². The number of rotatable bonds is 4. The van der Waals surface area contributed by atoms with E-state index >= 15 is 0 Å². The van der Waals surface area contributed by atoms with Crippen molar-refractivity contribution in [2.24, 2.45) is 0 Å². The van der Waals surface area contributed by atoms with E-state index in [2.05, 4.69) is 26.6 Å². The molecular formula is C24H25ClF2N6O. The lowest BCUT2D eigenvalue weighted by molar-refractivity contribution is 0.122. The average Bonchev–Trinajstić information content (AvgIpc) is 2.86. The van der Waals surface area contributed by atoms with Gasteiger partial charge in [0.25, 0.3) is 0 Å². The van der Waals surface area contributed by atoms with Crippen LogP contribution >= 0.6 is 11.6 Å². The van der Waals surface area contributed by atoms with Gasteiger partial charge in [-0.15, -0.1) is 0 Å². The predicted octanol–water partition coefficient (Wildman–Crippen LogP) is 4.02. The first-order chi connectivity index (χ1) is 16.5. The van der Waals surface area contributed by atoms with Crippen molar-refractivity contribution < 1.29 is 13.5 Å². The van der Waals surface area contributed by atoms with E-state index in [4.69, 9.17) is 26.3 Å². The summed E-state index contributed by atoms with van der Waals surface area (Å²) in [4.78, 5) is 20.5. The largest absolute Gasteiger partial charge is 0.378 e. The second-order valence-corrected chi connectivity index (χ2v) is 8.84. The molecule has 10 heteroatoms. The summed E-state index contributed by atoms with van der Waals surface area (Å²) in [6, 6.07) is 9.45. The fourth-order valence-electron chi connectivity index (χ4n) is 4.38. The van der Waals surface area contributed by atoms with E-state index in [0.717, 1.165) is 24.2 Å². The molecule has 0 amide bonds. The van der Waals surface area contributed by atoms with Crippen LogP contribution in [0, 0.1) is 11.6 Å². The summed E-state index contributed by atoms with van der Waals surface area (Å²) in [5.41, 5.74) is 1.05. The SMILES string of the molecule is CC1CN(c2ncccc2Cl)CCN1c1cc(-c2ccc(F)c(F)c2)nc(N2CCOCC2)n1. The Morgan fingerprint density at radius 1 is 0.971 bits per heavy atom. The zero-order chi connectivity index (χ0) is 23.7. The van der Waals surface area contributed by atoms with Crippen molar-refractivity contribution in [3.05, 3.63) is 59.3 Å². The zero-order valence-electron chi connectivity index (χ0n) is 18.8. The molecule has 3 aromatic rings. The Morgan fingerprint density at radius 2 is 1.79 bits per heavy atom. The minimum absolute atomic E-state index is 0.108. The van der Waals surface area contributed by atoms with Gasteiger partial charge in [0.05, 0.1) is 23.9 Å². The summed E-state index contributed by atoms with van der Waals surface area (Å²) in [7, 11) is 0. The fraction of sp³-hybridized carbons (Fsp3) is 0.375. The molecule has 2 fully saturated rings. The highest BCUT2D eigenvalue weighted by Crippen LogP contribution is 2.30. The second kappa shape index (κ2) is 9.68. The van der Waals surface area contributed by atoms with E-state index in [1.54, 1.807) is 6.20 Å². The van der Waals surface area contributed by atoms with Crippen molar-refractivity contribution in [3.8, 4) is 11.3 Å². The smallest absolute Gasteiger partial charge is 0.228 e. The number of hydrogen-bond donors (Lipinski definition) is 0. The fourth-order valence-corrected chi connectivity index (χ4v) is 4.62. The molecule has 0 bridgehead atoms. The highest BCUT2D eigenvalue weighted by atomic mass is 35.5. The lowest BCUT2D eigenvalue weighted by atomic mass is 10.1. The van der Waals surface area contributed by atoms with Gasteiger partial charge >= 0.3 is 0 Å². The second-order valence-electron chi connectivity index (χ2n) is 8.44. The highest BCUT2D eigenvalue weighted by Gasteiger charge is 2.28. The molecule has 178 valence electrons. The molecule has 1 unspecified atom stereocenters. The summed E-state index contributed by atoms with van der Waals surface area (Å²) in [6.45, 7) is 6.78. The van der Waals surface area contributed by atoms with Gasteiger partial charge in [0, 0.05) is 56.6 Å². The lowest BCUT2D eigenvalue weighted by Gasteiger charge is -2.41. The Balaban J connectivity index is 1.47. The molecule has 7 nitrogen and oxygen atoms in total. The number of halogens is 3. The monoisotopic (exact) mass is 486 g/mol. The Labute approximate surface area is 202 Å². The van der Waals surface area contributed by atoms with Crippen LogP contribution in [0.2, 0.25) is 5.02 Å². The van der Waals surface area contributed by atoms with Crippen molar-refractivity contribution in [1.29, 1.82) is 0 Å². The number of benzene rings is 1. The molecule has 2 saturated heterocycles. The first kappa shape index (κ1) is 22.7. The van der Waals surface area contributed by atoms with Crippen LogP contribution in [0.5, 0.6) is 0 Å². The summed E-state index contributed by atoms with van der Waals surface area (Å²) in [6.07, 6.45) is 1.74. The van der Waals surface area contributed by atoms with Crippen molar-refractivity contribution in [1.82, 2.24) is 15.0 Å². The summed E-state index contributed by atoms with van der Waals surface area (Å²) < 4.78 is 33.0. The van der Waals surface area contributed by atoms with Crippen LogP contribution < -0.4 is 14.7 Å². The van der Waals surface area contributed by atoms with Crippen LogP contribution in [-0.4, -0.2) is 66.9 Å². The van der Waals surface area contributed by atoms with Gasteiger partial charge in [0.2, 0.25) is 5.95 Å². The number of aromatic nitrogens is 3. The van der Waals surface area contributed by atoms with Crippen LogP contribution in [0.1, 0.15) is 6.92 Å². The first-order valence-electron chi connectivity index (χ1n) is 11.3. The summed E-state index contributed by atoms with van der Waals surface area (Å²) >= 11 is 6.37. The number of nitrogens with zero attached hydrogens (tertiary/aromatic N) is 6. The molecule has 2 aromatic heterocycles. The molecule has 1 atom stereocenters. The Bertz CT molecular complexity index is 1180. The molecule has 2 aliphatic rings. The summed E-state index contributed by atoms with van der Waals surface area (Å²) in [5, 5.41) is 0.625. The number of hydrogen-bond acceptors (Lipinski definition) is 7. The first-order valence-corrected chi connectivity index (χ1v) is 11.7. The molecule has 0 aliphatic carbocycles. The van der Waals surface area contributed by atoms with E-state index in [9.17, 15) is 8.78 Å². The molecule has 34 heavy (non-hydrogen) atoms. The van der Waals surface area contributed by atoms with Crippen molar-refractivity contribution in [2.45, 2.75) is 13.0 Å². The Hall–Kier alpha value is -3.04. The van der Waals surface area contributed by atoms with E-state index in [0.29, 0.717) is 61.6 Å². The van der Waals surface area contributed by atoms with Crippen LogP contribution in [0.3, 0.4) is 0 Å². The van der Waals surface area contributed by atoms with Crippen LogP contribution in [0.4, 0.5) is 26.4 Å². The van der Waals surface area contributed by atoms with Gasteiger partial charge in [-0.3, -0.25) is 0 Å². The predicted molar refractivity (Wildman–Crippen MR) is 129 cm³/mol. The third kappa shape index (κ3) is 4.63. The van der Waals surface area contributed by atoms with Gasteiger partial charge in [0.1, 0.15) is 11.6 Å². The Kier molecular flexibility index (Phi) is 6.47. The maximum atomic E-state index is 14.0. The van der Waals surface area contributed by atoms with Gasteiger partial charge < -0.3 is 19.4 Å². The molecule has 0 radical (unpaired) electrons. The van der Waals surface area contributed by atoms with Crippen LogP contribution in [0.15, 0.2) is 42.6 Å². The van der Waals surface area contributed by atoms with Crippen LogP contribution in [-0.2, 0) is 4.74 Å². The van der Waals surface area contributed by atoms with E-state index in [1.165, 1.54) is 12.1 Å². The molecule has 0 N–H and O–H groups in total. The maximum Gasteiger partial charge on any atom is 0.228 e. The molecule has 1 aromatic carbocycles. The third-order valence-corrected chi connectivity index (χ3v) is 6.47. The molecule has 2 aliphatic heterocycles. The standard InChI is InChI=1S/C24H25ClF2N6O/c1-16-15-32(23-18(25)3-2-6-28-23)7-8-33(16)22-14-21(17-4-5-19(26)20(27)13-17)29-24(30-22)31-9-11-34-12-10-31/h2-6,13-14,16H,7-12,15H2,1H3. The molecule has 4 heterocycles. The molecular weight excluding hydrogens is 462 g/mol. The average molecular weight is 487 g/mol. The summed E-state index contributed by atoms with van der Waals surface area (Å²) in [5.74, 6) is 0.289. The topological polar surface area (TPSA) is 57.6 Å². The molecule has 5 rings (SSSR count). The quantitative estimate of drug-likeness (QED) is 0.552. The van der Waals surface area contributed by atoms with Gasteiger partial charge in [0.15, 0.2) is 11.6 Å². The van der Waals surface area contributed by atoms with Gasteiger partial charge in [-0.1, -0.05) is 11.6 Å². The van der Waals surface area contributed by atoms with Crippen molar-refractivity contribution in [3.63, 3.8) is 0 Å². The highest BCUT2D eigenvalue weighted by molar-refractivity contribution is 6.32. The van der Waals surface area contributed by atoms with Crippen molar-refractivity contribution >= 4 is 29.2 Å². The molecule has 0 saturated carbocycles. The lowest BCUT2D eigenvalue weighted by Crippen LogP contribution is -2.53. The minimum Gasteiger partial charge on any atom is -0.378 e. The number of morpholine rings is 1. The molecule has 0 spiro atoms. The van der Waals surface area contributed by atoms with E-state index in [1.807, 2.05) is 18.2 Å². The normalized spacial score (nSPS) is 18.9. The number of ether oxygens (including phenoxy) is 1. The maximum absolute atomic E-state index is 14.0. The Morgan fingerprint density at radius 3 is 2.53 bits per heavy atom. The van der Waals surface area contributed by atoms with Gasteiger partial charge in [-0.05, 0) is 37.3 Å². The van der Waals surface area contributed by atoms with E-state index < -0.39 is 11.6 Å². The number of pyridine rings is 1. The van der Waals surface area contributed by atoms with Crippen molar-refractivity contribution in [2.75, 3.05) is 60.6 Å². The number of piperazine rings is 1. The van der Waals surface area contributed by atoms with E-state index in [-0.39, 0.29) is 6.04 Å². The zero-order valence-corrected chi connectivity index (χ0v) is 19.5. The minimum atomic E-state index is -0.903. The van der Waals surface area contributed by atoms with Gasteiger partial charge in [-0.25, -0.2) is 18.7 Å². The van der Waals surface area contributed by atoms with Gasteiger partial charge in [-0.2, -0.15) is 4.98 Å². The number of anilines is 3. The third-order valence-electron chi connectivity index (χ3n) is 6.17.